The highest BCUT2D eigenvalue weighted by molar-refractivity contribution is 5.94. The second-order valence-electron chi connectivity index (χ2n) is 9.78. The number of H-pyrrole nitrogens is 1. The summed E-state index contributed by atoms with van der Waals surface area (Å²) in [5, 5.41) is 0. The molecule has 2 aromatic carbocycles. The minimum absolute atomic E-state index is 0.157. The Morgan fingerprint density at radius 2 is 1.95 bits per heavy atom. The SMILES string of the molecule is C=CC=CC(F)/C1=C(C)/C(=C\c2ccc3c(c2)[nH]c(=O)n3CCN2CCOCC2)c2ccc(F)cc2OCC1. The molecule has 8 heteroatoms. The van der Waals surface area contributed by atoms with Gasteiger partial charge in [-0.05, 0) is 65.6 Å². The molecule has 2 aliphatic heterocycles. The molecule has 204 valence electrons. The lowest BCUT2D eigenvalue weighted by Crippen LogP contribution is -2.39. The fourth-order valence-corrected chi connectivity index (χ4v) is 5.22. The van der Waals surface area contributed by atoms with Gasteiger partial charge in [0.15, 0.2) is 0 Å². The molecule has 3 heterocycles. The summed E-state index contributed by atoms with van der Waals surface area (Å²) in [6, 6.07) is 10.2. The van der Waals surface area contributed by atoms with E-state index in [9.17, 15) is 9.18 Å². The van der Waals surface area contributed by atoms with Crippen molar-refractivity contribution in [3.63, 3.8) is 0 Å². The Morgan fingerprint density at radius 1 is 1.13 bits per heavy atom. The van der Waals surface area contributed by atoms with Crippen molar-refractivity contribution in [1.29, 1.82) is 0 Å². The summed E-state index contributed by atoms with van der Waals surface area (Å²) in [7, 11) is 0. The molecule has 1 atom stereocenters. The van der Waals surface area contributed by atoms with Gasteiger partial charge in [0.1, 0.15) is 17.7 Å². The van der Waals surface area contributed by atoms with E-state index in [0.717, 1.165) is 47.4 Å². The molecule has 0 amide bonds. The van der Waals surface area contributed by atoms with E-state index in [2.05, 4.69) is 16.5 Å². The van der Waals surface area contributed by atoms with Crippen LogP contribution in [0.3, 0.4) is 0 Å². The quantitative estimate of drug-likeness (QED) is 0.407. The summed E-state index contributed by atoms with van der Waals surface area (Å²) in [5.74, 6) is 0.0191. The van der Waals surface area contributed by atoms with Gasteiger partial charge in [-0.25, -0.2) is 13.6 Å². The number of hydrogen-bond acceptors (Lipinski definition) is 4. The zero-order valence-corrected chi connectivity index (χ0v) is 22.1. The van der Waals surface area contributed by atoms with Crippen LogP contribution in [0.5, 0.6) is 5.75 Å². The van der Waals surface area contributed by atoms with E-state index in [1.165, 1.54) is 18.2 Å². The zero-order valence-electron chi connectivity index (χ0n) is 22.1. The average molecular weight is 534 g/mol. The summed E-state index contributed by atoms with van der Waals surface area (Å²) in [4.78, 5) is 18.0. The van der Waals surface area contributed by atoms with Gasteiger partial charge < -0.3 is 14.5 Å². The van der Waals surface area contributed by atoms with E-state index in [1.807, 2.05) is 31.2 Å². The van der Waals surface area contributed by atoms with E-state index in [4.69, 9.17) is 9.47 Å². The first-order chi connectivity index (χ1) is 18.9. The number of imidazole rings is 1. The minimum Gasteiger partial charge on any atom is -0.492 e. The van der Waals surface area contributed by atoms with Crippen molar-refractivity contribution in [1.82, 2.24) is 14.5 Å². The topological polar surface area (TPSA) is 59.5 Å². The van der Waals surface area contributed by atoms with Crippen molar-refractivity contribution in [3.05, 3.63) is 99.8 Å². The number of nitrogens with one attached hydrogen (secondary N) is 1. The average Bonchev–Trinajstić information content (AvgIpc) is 3.25. The number of fused-ring (bicyclic) bond motifs is 2. The highest BCUT2D eigenvalue weighted by Gasteiger charge is 2.22. The van der Waals surface area contributed by atoms with E-state index >= 15 is 4.39 Å². The molecule has 1 fully saturated rings. The highest BCUT2D eigenvalue weighted by Crippen LogP contribution is 2.38. The molecule has 1 unspecified atom stereocenters. The number of morpholine rings is 1. The lowest BCUT2D eigenvalue weighted by Gasteiger charge is -2.26. The number of hydrogen-bond donors (Lipinski definition) is 1. The summed E-state index contributed by atoms with van der Waals surface area (Å²) < 4.78 is 42.4. The van der Waals surface area contributed by atoms with Crippen molar-refractivity contribution >= 4 is 22.7 Å². The zero-order chi connectivity index (χ0) is 27.4. The maximum Gasteiger partial charge on any atom is 0.326 e. The van der Waals surface area contributed by atoms with Crippen LogP contribution >= 0.6 is 0 Å². The van der Waals surface area contributed by atoms with Gasteiger partial charge in [-0.1, -0.05) is 24.8 Å². The number of alkyl halides is 1. The summed E-state index contributed by atoms with van der Waals surface area (Å²) >= 11 is 0. The molecule has 0 spiro atoms. The predicted molar refractivity (Wildman–Crippen MR) is 151 cm³/mol. The van der Waals surface area contributed by atoms with Crippen LogP contribution in [0.15, 0.2) is 77.1 Å². The molecular formula is C31H33F2N3O3. The first kappa shape index (κ1) is 26.8. The lowest BCUT2D eigenvalue weighted by molar-refractivity contribution is 0.0364. The first-order valence-electron chi connectivity index (χ1n) is 13.2. The molecule has 0 saturated carbocycles. The fraction of sp³-hybridized carbons (Fsp3) is 0.323. The van der Waals surface area contributed by atoms with Crippen molar-refractivity contribution < 1.29 is 18.3 Å². The molecule has 0 aliphatic carbocycles. The van der Waals surface area contributed by atoms with Crippen molar-refractivity contribution in [2.24, 2.45) is 0 Å². The third kappa shape index (κ3) is 5.97. The Bertz CT molecular complexity index is 1510. The molecular weight excluding hydrogens is 500 g/mol. The fourth-order valence-electron chi connectivity index (χ4n) is 5.22. The minimum atomic E-state index is -1.31. The third-order valence-electron chi connectivity index (χ3n) is 7.35. The number of ether oxygens (including phenoxy) is 2. The van der Waals surface area contributed by atoms with Crippen LogP contribution in [0.2, 0.25) is 0 Å². The number of benzene rings is 2. The highest BCUT2D eigenvalue weighted by atomic mass is 19.1. The van der Waals surface area contributed by atoms with Gasteiger partial charge in [-0.15, -0.1) is 0 Å². The third-order valence-corrected chi connectivity index (χ3v) is 7.35. The van der Waals surface area contributed by atoms with Crippen molar-refractivity contribution in [3.8, 4) is 5.75 Å². The largest absolute Gasteiger partial charge is 0.492 e. The molecule has 1 N–H and O–H groups in total. The van der Waals surface area contributed by atoms with Crippen LogP contribution in [0.1, 0.15) is 24.5 Å². The predicted octanol–water partition coefficient (Wildman–Crippen LogP) is 5.52. The first-order valence-corrected chi connectivity index (χ1v) is 13.2. The van der Waals surface area contributed by atoms with Gasteiger partial charge >= 0.3 is 5.69 Å². The molecule has 1 saturated heterocycles. The van der Waals surface area contributed by atoms with E-state index in [0.29, 0.717) is 43.1 Å². The number of rotatable bonds is 7. The van der Waals surface area contributed by atoms with Crippen LogP contribution in [0.4, 0.5) is 8.78 Å². The standard InChI is InChI=1S/C31H33F2N3O3/c1-3-4-5-27(33)24-10-15-39-30-20-23(32)7-8-25(30)26(21(24)2)18-22-6-9-29-28(19-22)34-31(37)36(29)12-11-35-13-16-38-17-14-35/h3-9,18-20,27H,1,10-17H2,2H3,(H,34,37)/b5-4?,24-21+,26-18+. The maximum atomic E-state index is 15.3. The van der Waals surface area contributed by atoms with Gasteiger partial charge in [0.25, 0.3) is 0 Å². The summed E-state index contributed by atoms with van der Waals surface area (Å²) in [6.07, 6.45) is 5.59. The van der Waals surface area contributed by atoms with Crippen molar-refractivity contribution in [2.45, 2.75) is 26.1 Å². The molecule has 0 bridgehead atoms. The van der Waals surface area contributed by atoms with E-state index in [-0.39, 0.29) is 12.3 Å². The van der Waals surface area contributed by atoms with E-state index in [1.54, 1.807) is 22.8 Å². The monoisotopic (exact) mass is 533 g/mol. The van der Waals surface area contributed by atoms with Crippen molar-refractivity contribution in [2.75, 3.05) is 39.5 Å². The molecule has 0 radical (unpaired) electrons. The van der Waals surface area contributed by atoms with Gasteiger partial charge in [0.05, 0.1) is 30.9 Å². The summed E-state index contributed by atoms with van der Waals surface area (Å²) in [6.45, 7) is 10.3. The van der Waals surface area contributed by atoms with Gasteiger partial charge in [-0.2, -0.15) is 0 Å². The molecule has 5 rings (SSSR count). The number of nitrogens with zero attached hydrogens (tertiary/aromatic N) is 2. The molecule has 2 aliphatic rings. The number of aromatic nitrogens is 2. The van der Waals surface area contributed by atoms with E-state index < -0.39 is 12.0 Å². The normalized spacial score (nSPS) is 20.5. The summed E-state index contributed by atoms with van der Waals surface area (Å²) in [5.41, 5.74) is 5.00. The van der Waals surface area contributed by atoms with Gasteiger partial charge in [0.2, 0.25) is 0 Å². The van der Waals surface area contributed by atoms with Gasteiger partial charge in [0, 0.05) is 44.2 Å². The smallest absolute Gasteiger partial charge is 0.326 e. The van der Waals surface area contributed by atoms with Crippen LogP contribution in [-0.2, 0) is 11.3 Å². The Labute approximate surface area is 226 Å². The molecule has 39 heavy (non-hydrogen) atoms. The van der Waals surface area contributed by atoms with Crippen LogP contribution in [-0.4, -0.2) is 60.1 Å². The molecule has 6 nitrogen and oxygen atoms in total. The Balaban J connectivity index is 1.54. The Morgan fingerprint density at radius 3 is 2.74 bits per heavy atom. The lowest BCUT2D eigenvalue weighted by atomic mass is 9.88. The molecule has 3 aromatic rings. The number of aromatic amines is 1. The second kappa shape index (κ2) is 12.0. The Hall–Kier alpha value is -3.75. The van der Waals surface area contributed by atoms with Crippen LogP contribution < -0.4 is 10.4 Å². The maximum absolute atomic E-state index is 15.3. The van der Waals surface area contributed by atoms with Crippen LogP contribution in [0, 0.1) is 5.82 Å². The Kier molecular flexibility index (Phi) is 8.24. The second-order valence-corrected chi connectivity index (χ2v) is 9.78. The number of halogens is 2. The van der Waals surface area contributed by atoms with Crippen LogP contribution in [0.25, 0.3) is 22.7 Å². The number of allylic oxidation sites excluding steroid dienone is 5. The molecule has 1 aromatic heterocycles. The van der Waals surface area contributed by atoms with Gasteiger partial charge in [-0.3, -0.25) is 9.47 Å².